The first kappa shape index (κ1) is 14.3. The molecule has 0 spiro atoms. The van der Waals surface area contributed by atoms with Crippen LogP contribution in [0, 0.1) is 5.41 Å². The number of ether oxygens (including phenoxy) is 2. The molecule has 1 heterocycles. The van der Waals surface area contributed by atoms with Crippen LogP contribution in [0.4, 0.5) is 0 Å². The van der Waals surface area contributed by atoms with Crippen LogP contribution in [-0.2, 0) is 9.47 Å². The topological polar surface area (TPSA) is 30.5 Å². The van der Waals surface area contributed by atoms with Crippen LogP contribution in [0.5, 0.6) is 0 Å². The Bertz CT molecular complexity index is 243. The van der Waals surface area contributed by atoms with E-state index in [1.807, 2.05) is 0 Å². The van der Waals surface area contributed by atoms with Crippen molar-refractivity contribution in [3.05, 3.63) is 0 Å². The fourth-order valence-electron chi connectivity index (χ4n) is 2.73. The van der Waals surface area contributed by atoms with Crippen LogP contribution < -0.4 is 5.32 Å². The summed E-state index contributed by atoms with van der Waals surface area (Å²) in [5.41, 5.74) is 0.314. The Morgan fingerprint density at radius 1 is 1.33 bits per heavy atom. The minimum absolute atomic E-state index is 0.314. The predicted molar refractivity (Wildman–Crippen MR) is 73.8 cm³/mol. The molecular formula is C15H29NO2. The third kappa shape index (κ3) is 3.94. The summed E-state index contributed by atoms with van der Waals surface area (Å²) < 4.78 is 11.6. The van der Waals surface area contributed by atoms with Gasteiger partial charge in [0.1, 0.15) is 0 Å². The van der Waals surface area contributed by atoms with Gasteiger partial charge in [-0.2, -0.15) is 0 Å². The summed E-state index contributed by atoms with van der Waals surface area (Å²) in [5.74, 6) is 0. The fourth-order valence-corrected chi connectivity index (χ4v) is 2.73. The molecule has 0 amide bonds. The van der Waals surface area contributed by atoms with Crippen LogP contribution in [0.25, 0.3) is 0 Å². The molecule has 2 rings (SSSR count). The van der Waals surface area contributed by atoms with Gasteiger partial charge in [-0.1, -0.05) is 13.3 Å². The molecule has 18 heavy (non-hydrogen) atoms. The number of nitrogens with one attached hydrogen (secondary N) is 1. The first-order valence-corrected chi connectivity index (χ1v) is 7.69. The number of hydrogen-bond acceptors (Lipinski definition) is 3. The van der Waals surface area contributed by atoms with Gasteiger partial charge in [-0.05, 0) is 39.0 Å². The van der Waals surface area contributed by atoms with Crippen molar-refractivity contribution >= 4 is 0 Å². The van der Waals surface area contributed by atoms with E-state index in [0.29, 0.717) is 11.5 Å². The van der Waals surface area contributed by atoms with Gasteiger partial charge >= 0.3 is 0 Å². The van der Waals surface area contributed by atoms with Gasteiger partial charge in [0.15, 0.2) is 0 Å². The SMILES string of the molecule is CCCCOCCC1(CNC2CC2)CCOC1C. The van der Waals surface area contributed by atoms with Gasteiger partial charge in [-0.3, -0.25) is 0 Å². The van der Waals surface area contributed by atoms with Gasteiger partial charge in [-0.15, -0.1) is 0 Å². The summed E-state index contributed by atoms with van der Waals surface area (Å²) in [4.78, 5) is 0. The standard InChI is InChI=1S/C15H29NO2/c1-3-4-9-17-10-7-15(8-11-18-13(15)2)12-16-14-5-6-14/h13-14,16H,3-12H2,1-2H3. The molecule has 0 radical (unpaired) electrons. The molecule has 2 unspecified atom stereocenters. The molecule has 1 aliphatic carbocycles. The Kier molecular flexibility index (Phi) is 5.46. The Balaban J connectivity index is 1.72. The van der Waals surface area contributed by atoms with Gasteiger partial charge in [0.2, 0.25) is 0 Å². The van der Waals surface area contributed by atoms with Crippen LogP contribution in [0.15, 0.2) is 0 Å². The highest BCUT2D eigenvalue weighted by Gasteiger charge is 2.41. The molecule has 1 saturated heterocycles. The molecule has 0 aromatic rings. The van der Waals surface area contributed by atoms with Gasteiger partial charge in [0.05, 0.1) is 6.10 Å². The van der Waals surface area contributed by atoms with Crippen molar-refractivity contribution < 1.29 is 9.47 Å². The van der Waals surface area contributed by atoms with E-state index in [-0.39, 0.29) is 0 Å². The van der Waals surface area contributed by atoms with Crippen LogP contribution in [0.2, 0.25) is 0 Å². The van der Waals surface area contributed by atoms with Crippen molar-refractivity contribution in [2.75, 3.05) is 26.4 Å². The van der Waals surface area contributed by atoms with Gasteiger partial charge in [-0.25, -0.2) is 0 Å². The summed E-state index contributed by atoms with van der Waals surface area (Å²) in [6.45, 7) is 8.27. The molecule has 3 nitrogen and oxygen atoms in total. The Labute approximate surface area is 112 Å². The van der Waals surface area contributed by atoms with E-state index in [1.54, 1.807) is 0 Å². The number of hydrogen-bond donors (Lipinski definition) is 1. The third-order valence-electron chi connectivity index (χ3n) is 4.54. The normalized spacial score (nSPS) is 32.0. The van der Waals surface area contributed by atoms with Crippen molar-refractivity contribution in [2.24, 2.45) is 5.41 Å². The lowest BCUT2D eigenvalue weighted by Crippen LogP contribution is -2.41. The van der Waals surface area contributed by atoms with Gasteiger partial charge in [0.25, 0.3) is 0 Å². The molecule has 2 atom stereocenters. The zero-order valence-corrected chi connectivity index (χ0v) is 12.0. The molecule has 2 fully saturated rings. The third-order valence-corrected chi connectivity index (χ3v) is 4.54. The van der Waals surface area contributed by atoms with E-state index in [0.717, 1.165) is 38.8 Å². The van der Waals surface area contributed by atoms with Crippen molar-refractivity contribution in [2.45, 2.75) is 64.5 Å². The van der Waals surface area contributed by atoms with E-state index >= 15 is 0 Å². The lowest BCUT2D eigenvalue weighted by Gasteiger charge is -2.32. The van der Waals surface area contributed by atoms with Crippen molar-refractivity contribution in [3.8, 4) is 0 Å². The zero-order chi connectivity index (χ0) is 12.8. The lowest BCUT2D eigenvalue weighted by atomic mass is 9.78. The molecule has 1 N–H and O–H groups in total. The van der Waals surface area contributed by atoms with E-state index in [2.05, 4.69) is 19.2 Å². The number of rotatable bonds is 9. The molecule has 0 bridgehead atoms. The highest BCUT2D eigenvalue weighted by atomic mass is 16.5. The molecule has 2 aliphatic rings. The molecule has 0 aromatic heterocycles. The average molecular weight is 255 g/mol. The lowest BCUT2D eigenvalue weighted by molar-refractivity contribution is 0.0324. The first-order valence-electron chi connectivity index (χ1n) is 7.69. The van der Waals surface area contributed by atoms with E-state index in [1.165, 1.54) is 32.1 Å². The summed E-state index contributed by atoms with van der Waals surface area (Å²) in [6, 6.07) is 0.788. The van der Waals surface area contributed by atoms with Crippen molar-refractivity contribution in [1.29, 1.82) is 0 Å². The van der Waals surface area contributed by atoms with E-state index in [9.17, 15) is 0 Å². The second-order valence-electron chi connectivity index (χ2n) is 6.00. The maximum absolute atomic E-state index is 5.80. The second kappa shape index (κ2) is 6.88. The highest BCUT2D eigenvalue weighted by Crippen LogP contribution is 2.38. The van der Waals surface area contributed by atoms with Crippen LogP contribution in [0.3, 0.4) is 0 Å². The van der Waals surface area contributed by atoms with Crippen molar-refractivity contribution in [1.82, 2.24) is 5.32 Å². The van der Waals surface area contributed by atoms with Gasteiger partial charge < -0.3 is 14.8 Å². The molecule has 1 aliphatic heterocycles. The summed E-state index contributed by atoms with van der Waals surface area (Å²) in [6.07, 6.45) is 7.81. The second-order valence-corrected chi connectivity index (χ2v) is 6.00. The molecule has 3 heteroatoms. The summed E-state index contributed by atoms with van der Waals surface area (Å²) >= 11 is 0. The Morgan fingerprint density at radius 3 is 2.78 bits per heavy atom. The molecule has 106 valence electrons. The van der Waals surface area contributed by atoms with Crippen LogP contribution in [-0.4, -0.2) is 38.5 Å². The smallest absolute Gasteiger partial charge is 0.0617 e. The van der Waals surface area contributed by atoms with Crippen LogP contribution >= 0.6 is 0 Å². The Morgan fingerprint density at radius 2 is 2.17 bits per heavy atom. The minimum atomic E-state index is 0.314. The molecule has 1 saturated carbocycles. The van der Waals surface area contributed by atoms with Crippen LogP contribution in [0.1, 0.15) is 52.4 Å². The quantitative estimate of drug-likeness (QED) is 0.643. The monoisotopic (exact) mass is 255 g/mol. The maximum atomic E-state index is 5.80. The predicted octanol–water partition coefficient (Wildman–Crippen LogP) is 2.74. The highest BCUT2D eigenvalue weighted by molar-refractivity contribution is 4.94. The first-order chi connectivity index (χ1) is 8.77. The van der Waals surface area contributed by atoms with Gasteiger partial charge in [0, 0.05) is 37.8 Å². The maximum Gasteiger partial charge on any atom is 0.0617 e. The molecule has 0 aromatic carbocycles. The Hall–Kier alpha value is -0.120. The average Bonchev–Trinajstić information content (AvgIpc) is 3.13. The largest absolute Gasteiger partial charge is 0.381 e. The van der Waals surface area contributed by atoms with E-state index < -0.39 is 0 Å². The molecular weight excluding hydrogens is 226 g/mol. The summed E-state index contributed by atoms with van der Waals surface area (Å²) in [5, 5.41) is 3.69. The van der Waals surface area contributed by atoms with E-state index in [4.69, 9.17) is 9.47 Å². The summed E-state index contributed by atoms with van der Waals surface area (Å²) in [7, 11) is 0. The minimum Gasteiger partial charge on any atom is -0.381 e. The zero-order valence-electron chi connectivity index (χ0n) is 12.0. The van der Waals surface area contributed by atoms with Crippen molar-refractivity contribution in [3.63, 3.8) is 0 Å². The fraction of sp³-hybridized carbons (Fsp3) is 1.00. The number of unbranched alkanes of at least 4 members (excludes halogenated alkanes) is 1.